The lowest BCUT2D eigenvalue weighted by atomic mass is 9.79. The highest BCUT2D eigenvalue weighted by Crippen LogP contribution is 2.41. The van der Waals surface area contributed by atoms with E-state index in [1.165, 1.54) is 11.8 Å². The summed E-state index contributed by atoms with van der Waals surface area (Å²) in [5.41, 5.74) is 4.49. The van der Waals surface area contributed by atoms with Crippen molar-refractivity contribution in [3.8, 4) is 5.75 Å². The number of para-hydroxylation sites is 1. The molecule has 0 fully saturated rings. The number of benzene rings is 2. The van der Waals surface area contributed by atoms with E-state index in [1.807, 2.05) is 44.2 Å². The van der Waals surface area contributed by atoms with E-state index in [0.717, 1.165) is 32.8 Å². The van der Waals surface area contributed by atoms with Crippen LogP contribution < -0.4 is 5.32 Å². The van der Waals surface area contributed by atoms with Gasteiger partial charge < -0.3 is 10.4 Å². The number of anilines is 1. The summed E-state index contributed by atoms with van der Waals surface area (Å²) >= 11 is 1.51. The average molecular weight is 400 g/mol. The van der Waals surface area contributed by atoms with Gasteiger partial charge in [-0.15, -0.1) is 11.8 Å². The number of thioether (sulfide) groups is 1. The van der Waals surface area contributed by atoms with Crippen LogP contribution in [0.25, 0.3) is 0 Å². The number of rotatable bonds is 4. The minimum Gasteiger partial charge on any atom is -0.507 e. The van der Waals surface area contributed by atoms with Crippen molar-refractivity contribution < 1.29 is 9.90 Å². The normalized spacial score (nSPS) is 12.1. The molecule has 0 aromatic heterocycles. The molecule has 0 saturated carbocycles. The molecule has 152 valence electrons. The van der Waals surface area contributed by atoms with Crippen molar-refractivity contribution in [1.29, 1.82) is 0 Å². The number of phenolic OH excluding ortho intramolecular Hbond substituents is 1. The smallest absolute Gasteiger partial charge is 0.234 e. The highest BCUT2D eigenvalue weighted by Gasteiger charge is 2.26. The van der Waals surface area contributed by atoms with Crippen LogP contribution in [0.3, 0.4) is 0 Å². The van der Waals surface area contributed by atoms with E-state index in [4.69, 9.17) is 0 Å². The van der Waals surface area contributed by atoms with Crippen molar-refractivity contribution in [3.05, 3.63) is 52.6 Å². The number of carbonyl (C=O) groups is 1. The summed E-state index contributed by atoms with van der Waals surface area (Å²) in [6.07, 6.45) is 0. The highest BCUT2D eigenvalue weighted by molar-refractivity contribution is 8.00. The second kappa shape index (κ2) is 8.20. The fourth-order valence-corrected chi connectivity index (χ4v) is 3.94. The van der Waals surface area contributed by atoms with Crippen molar-refractivity contribution >= 4 is 23.4 Å². The second-order valence-corrected chi connectivity index (χ2v) is 10.5. The summed E-state index contributed by atoms with van der Waals surface area (Å²) in [5, 5.41) is 13.9. The molecule has 0 unspecified atom stereocenters. The molecule has 2 rings (SSSR count). The molecule has 4 heteroatoms. The van der Waals surface area contributed by atoms with Gasteiger partial charge in [-0.25, -0.2) is 0 Å². The van der Waals surface area contributed by atoms with Gasteiger partial charge in [-0.3, -0.25) is 4.79 Å². The van der Waals surface area contributed by atoms with Crippen molar-refractivity contribution in [2.45, 2.75) is 71.1 Å². The minimum absolute atomic E-state index is 0.0231. The lowest BCUT2D eigenvalue weighted by Crippen LogP contribution is -2.18. The molecule has 0 heterocycles. The van der Waals surface area contributed by atoms with E-state index in [9.17, 15) is 9.90 Å². The molecule has 0 aliphatic heterocycles. The van der Waals surface area contributed by atoms with Gasteiger partial charge >= 0.3 is 0 Å². The molecule has 0 spiro atoms. The standard InChI is InChI=1S/C24H33NO2S/c1-15-10-9-11-16(2)21(15)25-20(26)14-28-17-12-18(23(3,4)5)22(27)19(13-17)24(6,7)8/h9-13,27H,14H2,1-8H3,(H,25,26). The Labute approximate surface area is 173 Å². The van der Waals surface area contributed by atoms with Crippen molar-refractivity contribution in [2.75, 3.05) is 11.1 Å². The molecule has 2 aromatic carbocycles. The summed E-state index contributed by atoms with van der Waals surface area (Å²) in [6.45, 7) is 16.6. The summed E-state index contributed by atoms with van der Waals surface area (Å²) < 4.78 is 0. The topological polar surface area (TPSA) is 49.3 Å². The van der Waals surface area contributed by atoms with Crippen LogP contribution in [-0.4, -0.2) is 16.8 Å². The van der Waals surface area contributed by atoms with Crippen LogP contribution in [0, 0.1) is 13.8 Å². The summed E-state index contributed by atoms with van der Waals surface area (Å²) in [4.78, 5) is 13.5. The van der Waals surface area contributed by atoms with Crippen molar-refractivity contribution in [2.24, 2.45) is 0 Å². The Balaban J connectivity index is 2.25. The molecular formula is C24H33NO2S. The van der Waals surface area contributed by atoms with Gasteiger partial charge in [-0.1, -0.05) is 59.7 Å². The number of carbonyl (C=O) groups excluding carboxylic acids is 1. The molecule has 0 aliphatic carbocycles. The maximum Gasteiger partial charge on any atom is 0.234 e. The Hall–Kier alpha value is -1.94. The third kappa shape index (κ3) is 5.32. The summed E-state index contributed by atoms with van der Waals surface area (Å²) in [7, 11) is 0. The molecule has 28 heavy (non-hydrogen) atoms. The van der Waals surface area contributed by atoms with E-state index in [1.54, 1.807) is 0 Å². The van der Waals surface area contributed by atoms with Crippen LogP contribution >= 0.6 is 11.8 Å². The third-order valence-corrected chi connectivity index (χ3v) is 5.79. The fourth-order valence-electron chi connectivity index (χ4n) is 3.17. The molecule has 0 atom stereocenters. The lowest BCUT2D eigenvalue weighted by molar-refractivity contribution is -0.113. The number of aryl methyl sites for hydroxylation is 2. The quantitative estimate of drug-likeness (QED) is 0.590. The van der Waals surface area contributed by atoms with Crippen LogP contribution in [-0.2, 0) is 15.6 Å². The van der Waals surface area contributed by atoms with E-state index < -0.39 is 0 Å². The number of nitrogens with one attached hydrogen (secondary N) is 1. The van der Waals surface area contributed by atoms with Gasteiger partial charge in [-0.05, 0) is 47.9 Å². The van der Waals surface area contributed by atoms with Crippen LogP contribution in [0.2, 0.25) is 0 Å². The van der Waals surface area contributed by atoms with Gasteiger partial charge in [0.2, 0.25) is 5.91 Å². The zero-order valence-corrected chi connectivity index (χ0v) is 19.2. The van der Waals surface area contributed by atoms with E-state index in [2.05, 4.69) is 46.9 Å². The van der Waals surface area contributed by atoms with Crippen LogP contribution in [0.1, 0.15) is 63.8 Å². The number of phenols is 1. The van der Waals surface area contributed by atoms with Gasteiger partial charge in [-0.2, -0.15) is 0 Å². The third-order valence-electron chi connectivity index (χ3n) is 4.81. The Morgan fingerprint density at radius 2 is 1.43 bits per heavy atom. The SMILES string of the molecule is Cc1cccc(C)c1NC(=O)CSc1cc(C(C)(C)C)c(O)c(C(C)(C)C)c1. The lowest BCUT2D eigenvalue weighted by Gasteiger charge is -2.28. The second-order valence-electron chi connectivity index (χ2n) is 9.47. The summed E-state index contributed by atoms with van der Waals surface area (Å²) in [5.74, 6) is 0.667. The Kier molecular flexibility index (Phi) is 6.55. The first-order valence-electron chi connectivity index (χ1n) is 9.67. The van der Waals surface area contributed by atoms with Crippen LogP contribution in [0.5, 0.6) is 5.75 Å². The maximum atomic E-state index is 12.5. The Bertz CT molecular complexity index is 818. The monoisotopic (exact) mass is 399 g/mol. The van der Waals surface area contributed by atoms with Crippen LogP contribution in [0.4, 0.5) is 5.69 Å². The summed E-state index contributed by atoms with van der Waals surface area (Å²) in [6, 6.07) is 10.0. The zero-order chi connectivity index (χ0) is 21.3. The molecular weight excluding hydrogens is 366 g/mol. The zero-order valence-electron chi connectivity index (χ0n) is 18.4. The van der Waals surface area contributed by atoms with Crippen LogP contribution in [0.15, 0.2) is 35.2 Å². The van der Waals surface area contributed by atoms with Gasteiger partial charge in [0.05, 0.1) is 5.75 Å². The van der Waals surface area contributed by atoms with Gasteiger partial charge in [0.1, 0.15) is 5.75 Å². The molecule has 0 bridgehead atoms. The molecule has 1 amide bonds. The largest absolute Gasteiger partial charge is 0.507 e. The Morgan fingerprint density at radius 1 is 0.964 bits per heavy atom. The molecule has 0 aliphatic rings. The number of amides is 1. The minimum atomic E-state index is -0.179. The first kappa shape index (κ1) is 22.4. The predicted octanol–water partition coefficient (Wildman–Crippen LogP) is 6.33. The van der Waals surface area contributed by atoms with Crippen molar-refractivity contribution in [3.63, 3.8) is 0 Å². The Morgan fingerprint density at radius 3 is 1.86 bits per heavy atom. The highest BCUT2D eigenvalue weighted by atomic mass is 32.2. The van der Waals surface area contributed by atoms with Gasteiger partial charge in [0.15, 0.2) is 0 Å². The van der Waals surface area contributed by atoms with E-state index in [-0.39, 0.29) is 16.7 Å². The predicted molar refractivity (Wildman–Crippen MR) is 121 cm³/mol. The number of hydrogen-bond donors (Lipinski definition) is 2. The fraction of sp³-hybridized carbons (Fsp3) is 0.458. The average Bonchev–Trinajstić information content (AvgIpc) is 2.55. The van der Waals surface area contributed by atoms with Gasteiger partial charge in [0, 0.05) is 21.7 Å². The first-order chi connectivity index (χ1) is 12.8. The molecule has 0 radical (unpaired) electrons. The maximum absolute atomic E-state index is 12.5. The molecule has 2 aromatic rings. The number of hydrogen-bond acceptors (Lipinski definition) is 3. The van der Waals surface area contributed by atoms with E-state index >= 15 is 0 Å². The number of aromatic hydroxyl groups is 1. The van der Waals surface area contributed by atoms with E-state index in [0.29, 0.717) is 11.5 Å². The molecule has 0 saturated heterocycles. The van der Waals surface area contributed by atoms with Gasteiger partial charge in [0.25, 0.3) is 0 Å². The molecule has 3 nitrogen and oxygen atoms in total. The first-order valence-corrected chi connectivity index (χ1v) is 10.7. The molecule has 2 N–H and O–H groups in total. The van der Waals surface area contributed by atoms with Crippen molar-refractivity contribution in [1.82, 2.24) is 0 Å².